The van der Waals surface area contributed by atoms with Crippen molar-refractivity contribution in [1.82, 2.24) is 10.2 Å². The molecule has 0 saturated heterocycles. The quantitative estimate of drug-likeness (QED) is 0.757. The van der Waals surface area contributed by atoms with Gasteiger partial charge in [-0.25, -0.2) is 0 Å². The van der Waals surface area contributed by atoms with Crippen LogP contribution in [0, 0.1) is 11.3 Å². The zero-order chi connectivity index (χ0) is 20.8. The molecule has 0 fully saturated rings. The molecule has 150 valence electrons. The molecule has 1 atom stereocenters. The molecule has 1 aliphatic rings. The normalized spacial score (nSPS) is 16.8. The molecule has 2 rings (SSSR count). The molecule has 2 amide bonds. The maximum Gasteiger partial charge on any atom is 0.233 e. The Morgan fingerprint density at radius 3 is 2.39 bits per heavy atom. The molecule has 0 bridgehead atoms. The van der Waals surface area contributed by atoms with Gasteiger partial charge in [-0.15, -0.1) is 0 Å². The fourth-order valence-electron chi connectivity index (χ4n) is 3.43. The predicted molar refractivity (Wildman–Crippen MR) is 111 cm³/mol. The first kappa shape index (κ1) is 21.8. The van der Waals surface area contributed by atoms with Crippen LogP contribution in [0.2, 0.25) is 0 Å². The van der Waals surface area contributed by atoms with Crippen LogP contribution in [0.5, 0.6) is 5.75 Å². The second-order valence-corrected chi connectivity index (χ2v) is 8.20. The summed E-state index contributed by atoms with van der Waals surface area (Å²) >= 11 is 1.22. The van der Waals surface area contributed by atoms with Gasteiger partial charge in [0.05, 0.1) is 29.5 Å². The number of allylic oxidation sites excluding steroid dienone is 1. The molecular formula is C21H27N3O3S. The Kier molecular flexibility index (Phi) is 7.53. The standard InChI is InChI=1S/C21H27N3O3S/c1-13(2)24(14(3)4)20(26)12-28-21-18(11-22)17(10-19(25)23-21)15-6-8-16(27-5)9-7-15/h6-9,13-14,17H,10,12H2,1-5H3,(H,23,25)/t17-/m0/s1. The second kappa shape index (κ2) is 9.65. The van der Waals surface area contributed by atoms with Gasteiger partial charge in [0, 0.05) is 24.4 Å². The lowest BCUT2D eigenvalue weighted by Crippen LogP contribution is -2.43. The van der Waals surface area contributed by atoms with Crippen molar-refractivity contribution in [3.05, 3.63) is 40.4 Å². The molecule has 1 heterocycles. The number of carbonyl (C=O) groups excluding carboxylic acids is 2. The molecule has 1 aromatic rings. The van der Waals surface area contributed by atoms with Gasteiger partial charge in [-0.2, -0.15) is 5.26 Å². The number of nitrogens with zero attached hydrogens (tertiary/aromatic N) is 2. The molecule has 0 spiro atoms. The fraction of sp³-hybridized carbons (Fsp3) is 0.476. The van der Waals surface area contributed by atoms with E-state index in [4.69, 9.17) is 4.74 Å². The lowest BCUT2D eigenvalue weighted by molar-refractivity contribution is -0.131. The molecule has 6 nitrogen and oxygen atoms in total. The van der Waals surface area contributed by atoms with Gasteiger partial charge in [0.1, 0.15) is 5.75 Å². The average molecular weight is 402 g/mol. The number of ether oxygens (including phenoxy) is 1. The van der Waals surface area contributed by atoms with Crippen LogP contribution in [-0.2, 0) is 9.59 Å². The number of rotatable bonds is 7. The van der Waals surface area contributed by atoms with Crippen molar-refractivity contribution < 1.29 is 14.3 Å². The number of benzene rings is 1. The molecule has 1 N–H and O–H groups in total. The summed E-state index contributed by atoms with van der Waals surface area (Å²) < 4.78 is 5.18. The predicted octanol–water partition coefficient (Wildman–Crippen LogP) is 3.41. The van der Waals surface area contributed by atoms with E-state index in [9.17, 15) is 14.9 Å². The Morgan fingerprint density at radius 1 is 1.29 bits per heavy atom. The molecule has 0 saturated carbocycles. The summed E-state index contributed by atoms with van der Waals surface area (Å²) in [6.07, 6.45) is 0.206. The van der Waals surface area contributed by atoms with E-state index in [-0.39, 0.29) is 42.0 Å². The summed E-state index contributed by atoms with van der Waals surface area (Å²) in [6.45, 7) is 7.91. The molecule has 7 heteroatoms. The summed E-state index contributed by atoms with van der Waals surface area (Å²) in [7, 11) is 1.59. The number of amides is 2. The zero-order valence-electron chi connectivity index (χ0n) is 17.0. The number of methoxy groups -OCH3 is 1. The minimum Gasteiger partial charge on any atom is -0.497 e. The average Bonchev–Trinajstić information content (AvgIpc) is 2.65. The third-order valence-electron chi connectivity index (χ3n) is 4.61. The van der Waals surface area contributed by atoms with Gasteiger partial charge in [0.2, 0.25) is 11.8 Å². The number of hydrogen-bond acceptors (Lipinski definition) is 5. The lowest BCUT2D eigenvalue weighted by Gasteiger charge is -2.31. The van der Waals surface area contributed by atoms with Crippen LogP contribution in [0.3, 0.4) is 0 Å². The minimum absolute atomic E-state index is 0.0133. The van der Waals surface area contributed by atoms with Gasteiger partial charge in [0.15, 0.2) is 0 Å². The van der Waals surface area contributed by atoms with E-state index in [1.807, 2.05) is 56.9 Å². The Balaban J connectivity index is 2.25. The Hall–Kier alpha value is -2.46. The third kappa shape index (κ3) is 5.08. The Bertz CT molecular complexity index is 786. The highest BCUT2D eigenvalue weighted by Gasteiger charge is 2.30. The topological polar surface area (TPSA) is 82.4 Å². The minimum atomic E-state index is -0.325. The third-order valence-corrected chi connectivity index (χ3v) is 5.62. The summed E-state index contributed by atoms with van der Waals surface area (Å²) in [5.41, 5.74) is 1.37. The molecule has 1 aromatic carbocycles. The highest BCUT2D eigenvalue weighted by molar-refractivity contribution is 8.03. The number of hydrogen-bond donors (Lipinski definition) is 1. The molecule has 1 aliphatic heterocycles. The van der Waals surface area contributed by atoms with Crippen LogP contribution in [0.25, 0.3) is 0 Å². The van der Waals surface area contributed by atoms with E-state index < -0.39 is 0 Å². The summed E-state index contributed by atoms with van der Waals surface area (Å²) in [4.78, 5) is 26.7. The molecule has 0 unspecified atom stereocenters. The van der Waals surface area contributed by atoms with Crippen molar-refractivity contribution in [3.8, 4) is 11.8 Å². The van der Waals surface area contributed by atoms with Gasteiger partial charge in [-0.1, -0.05) is 23.9 Å². The van der Waals surface area contributed by atoms with E-state index in [0.717, 1.165) is 5.56 Å². The van der Waals surface area contributed by atoms with E-state index in [1.54, 1.807) is 7.11 Å². The lowest BCUT2D eigenvalue weighted by atomic mass is 9.87. The molecule has 28 heavy (non-hydrogen) atoms. The van der Waals surface area contributed by atoms with Gasteiger partial charge in [0.25, 0.3) is 0 Å². The van der Waals surface area contributed by atoms with Crippen molar-refractivity contribution in [2.45, 2.75) is 52.1 Å². The van der Waals surface area contributed by atoms with Crippen LogP contribution in [0.15, 0.2) is 34.9 Å². The maximum absolute atomic E-state index is 12.6. The SMILES string of the molecule is COc1ccc([C@@H]2CC(=O)NC(SCC(=O)N(C(C)C)C(C)C)=C2C#N)cc1. The van der Waals surface area contributed by atoms with Gasteiger partial charge < -0.3 is 15.0 Å². The second-order valence-electron chi connectivity index (χ2n) is 7.21. The first-order valence-electron chi connectivity index (χ1n) is 9.30. The Labute approximate surface area is 170 Å². The first-order valence-corrected chi connectivity index (χ1v) is 10.3. The van der Waals surface area contributed by atoms with Gasteiger partial charge in [-0.3, -0.25) is 9.59 Å². The first-order chi connectivity index (χ1) is 13.3. The van der Waals surface area contributed by atoms with Crippen molar-refractivity contribution in [1.29, 1.82) is 5.26 Å². The van der Waals surface area contributed by atoms with Crippen molar-refractivity contribution in [2.24, 2.45) is 0 Å². The zero-order valence-corrected chi connectivity index (χ0v) is 17.8. The van der Waals surface area contributed by atoms with Crippen LogP contribution in [0.4, 0.5) is 0 Å². The van der Waals surface area contributed by atoms with Crippen LogP contribution in [0.1, 0.15) is 45.6 Å². The fourth-order valence-corrected chi connectivity index (χ4v) is 4.38. The highest BCUT2D eigenvalue weighted by atomic mass is 32.2. The number of thioether (sulfide) groups is 1. The molecular weight excluding hydrogens is 374 g/mol. The summed E-state index contributed by atoms with van der Waals surface area (Å²) in [5, 5.41) is 13.0. The van der Waals surface area contributed by atoms with Crippen LogP contribution < -0.4 is 10.1 Å². The number of nitrogens with one attached hydrogen (secondary N) is 1. The van der Waals surface area contributed by atoms with Crippen molar-refractivity contribution in [3.63, 3.8) is 0 Å². The summed E-state index contributed by atoms with van der Waals surface area (Å²) in [5.74, 6) is 0.398. The molecule has 0 radical (unpaired) electrons. The number of nitriles is 1. The van der Waals surface area contributed by atoms with Crippen molar-refractivity contribution in [2.75, 3.05) is 12.9 Å². The van der Waals surface area contributed by atoms with Crippen LogP contribution >= 0.6 is 11.8 Å². The molecule has 0 aliphatic carbocycles. The monoisotopic (exact) mass is 401 g/mol. The molecule has 0 aromatic heterocycles. The summed E-state index contributed by atoms with van der Waals surface area (Å²) in [6, 6.07) is 9.78. The van der Waals surface area contributed by atoms with Gasteiger partial charge >= 0.3 is 0 Å². The maximum atomic E-state index is 12.6. The number of carbonyl (C=O) groups is 2. The van der Waals surface area contributed by atoms with E-state index >= 15 is 0 Å². The smallest absolute Gasteiger partial charge is 0.233 e. The van der Waals surface area contributed by atoms with Crippen LogP contribution in [-0.4, -0.2) is 41.7 Å². The van der Waals surface area contributed by atoms with Crippen molar-refractivity contribution >= 4 is 23.6 Å². The largest absolute Gasteiger partial charge is 0.497 e. The van der Waals surface area contributed by atoms with E-state index in [1.165, 1.54) is 11.8 Å². The van der Waals surface area contributed by atoms with E-state index in [2.05, 4.69) is 11.4 Å². The van der Waals surface area contributed by atoms with E-state index in [0.29, 0.717) is 16.4 Å². The van der Waals surface area contributed by atoms with Gasteiger partial charge in [-0.05, 0) is 45.4 Å². The highest BCUT2D eigenvalue weighted by Crippen LogP contribution is 2.36. The Morgan fingerprint density at radius 2 is 1.89 bits per heavy atom.